The van der Waals surface area contributed by atoms with Crippen molar-refractivity contribution in [3.63, 3.8) is 0 Å². The van der Waals surface area contributed by atoms with E-state index in [1.165, 1.54) is 0 Å². The molecular formula is C19H13Cl2N3O. The molecule has 5 rings (SSSR count). The summed E-state index contributed by atoms with van der Waals surface area (Å²) in [5.41, 5.74) is 3.69. The lowest BCUT2D eigenvalue weighted by molar-refractivity contribution is 0.626. The number of anilines is 1. The minimum Gasteiger partial charge on any atom is -0.454 e. The lowest BCUT2D eigenvalue weighted by Gasteiger charge is -2.07. The lowest BCUT2D eigenvalue weighted by atomic mass is 10.1. The molecule has 25 heavy (non-hydrogen) atoms. The normalized spacial score (nSPS) is 13.2. The Morgan fingerprint density at radius 2 is 1.84 bits per heavy atom. The first kappa shape index (κ1) is 14.9. The number of para-hydroxylation sites is 1. The van der Waals surface area contributed by atoms with Crippen LogP contribution in [0.5, 0.6) is 0 Å². The number of nitrogens with one attached hydrogen (secondary N) is 1. The fourth-order valence-electron chi connectivity index (χ4n) is 3.32. The van der Waals surface area contributed by atoms with E-state index in [1.54, 1.807) is 6.07 Å². The molecule has 1 N–H and O–H groups in total. The van der Waals surface area contributed by atoms with Crippen molar-refractivity contribution in [2.24, 2.45) is 0 Å². The van der Waals surface area contributed by atoms with Crippen molar-refractivity contribution in [3.05, 3.63) is 64.1 Å². The van der Waals surface area contributed by atoms with E-state index in [-0.39, 0.29) is 0 Å². The summed E-state index contributed by atoms with van der Waals surface area (Å²) >= 11 is 12.3. The molecule has 0 atom stereocenters. The molecule has 4 nitrogen and oxygen atoms in total. The SMILES string of the molecule is Clc1cc(Cl)cc(-n2nc(-c3cc4ccccc4o3)c3c2NCC3)c1. The minimum atomic E-state index is 0.579. The zero-order valence-electron chi connectivity index (χ0n) is 13.1. The van der Waals surface area contributed by atoms with Crippen LogP contribution in [0.4, 0.5) is 5.82 Å². The lowest BCUT2D eigenvalue weighted by Crippen LogP contribution is -2.04. The number of furan rings is 1. The van der Waals surface area contributed by atoms with E-state index in [4.69, 9.17) is 32.7 Å². The van der Waals surface area contributed by atoms with Gasteiger partial charge in [-0.1, -0.05) is 41.4 Å². The first-order chi connectivity index (χ1) is 12.2. The Kier molecular flexibility index (Phi) is 3.30. The molecule has 0 amide bonds. The number of nitrogens with zero attached hydrogens (tertiary/aromatic N) is 2. The van der Waals surface area contributed by atoms with Gasteiger partial charge in [0.2, 0.25) is 0 Å². The van der Waals surface area contributed by atoms with Crippen molar-refractivity contribution in [1.29, 1.82) is 0 Å². The highest BCUT2D eigenvalue weighted by molar-refractivity contribution is 6.34. The molecule has 0 saturated heterocycles. The Balaban J connectivity index is 1.71. The molecular weight excluding hydrogens is 357 g/mol. The molecule has 124 valence electrons. The monoisotopic (exact) mass is 369 g/mol. The second kappa shape index (κ2) is 5.55. The van der Waals surface area contributed by atoms with Crippen LogP contribution in [0, 0.1) is 0 Å². The Labute approximate surface area is 154 Å². The van der Waals surface area contributed by atoms with Crippen molar-refractivity contribution >= 4 is 40.0 Å². The molecule has 0 fully saturated rings. The number of hydrogen-bond acceptors (Lipinski definition) is 3. The van der Waals surface area contributed by atoms with Crippen molar-refractivity contribution in [2.75, 3.05) is 11.9 Å². The molecule has 2 aromatic carbocycles. The third kappa shape index (κ3) is 2.41. The summed E-state index contributed by atoms with van der Waals surface area (Å²) in [4.78, 5) is 0. The molecule has 0 spiro atoms. The molecule has 2 aromatic heterocycles. The van der Waals surface area contributed by atoms with Crippen molar-refractivity contribution in [1.82, 2.24) is 9.78 Å². The van der Waals surface area contributed by atoms with Gasteiger partial charge in [0, 0.05) is 27.5 Å². The van der Waals surface area contributed by atoms with Crippen molar-refractivity contribution in [3.8, 4) is 17.1 Å². The van der Waals surface area contributed by atoms with Gasteiger partial charge in [-0.05, 0) is 36.8 Å². The molecule has 0 unspecified atom stereocenters. The van der Waals surface area contributed by atoms with Crippen LogP contribution < -0.4 is 5.32 Å². The van der Waals surface area contributed by atoms with Gasteiger partial charge >= 0.3 is 0 Å². The van der Waals surface area contributed by atoms with Gasteiger partial charge in [-0.15, -0.1) is 0 Å². The molecule has 1 aliphatic rings. The van der Waals surface area contributed by atoms with Crippen LogP contribution in [-0.2, 0) is 6.42 Å². The first-order valence-electron chi connectivity index (χ1n) is 8.00. The van der Waals surface area contributed by atoms with Gasteiger partial charge in [-0.2, -0.15) is 5.10 Å². The predicted octanol–water partition coefficient (Wildman–Crippen LogP) is 5.56. The quantitative estimate of drug-likeness (QED) is 0.502. The smallest absolute Gasteiger partial charge is 0.156 e. The highest BCUT2D eigenvalue weighted by Gasteiger charge is 2.26. The van der Waals surface area contributed by atoms with Crippen LogP contribution in [0.2, 0.25) is 10.0 Å². The molecule has 0 saturated carbocycles. The average molecular weight is 370 g/mol. The van der Waals surface area contributed by atoms with E-state index in [1.807, 2.05) is 47.1 Å². The summed E-state index contributed by atoms with van der Waals surface area (Å²) in [7, 11) is 0. The van der Waals surface area contributed by atoms with Gasteiger partial charge in [0.15, 0.2) is 5.76 Å². The number of hydrogen-bond donors (Lipinski definition) is 1. The van der Waals surface area contributed by atoms with Gasteiger partial charge in [0.25, 0.3) is 0 Å². The Hall–Kier alpha value is -2.43. The Morgan fingerprint density at radius 3 is 2.64 bits per heavy atom. The van der Waals surface area contributed by atoms with E-state index < -0.39 is 0 Å². The minimum absolute atomic E-state index is 0.579. The fraction of sp³-hybridized carbons (Fsp3) is 0.105. The molecule has 6 heteroatoms. The summed E-state index contributed by atoms with van der Waals surface area (Å²) < 4.78 is 7.87. The van der Waals surface area contributed by atoms with Crippen LogP contribution in [0.25, 0.3) is 28.1 Å². The predicted molar refractivity (Wildman–Crippen MR) is 101 cm³/mol. The summed E-state index contributed by atoms with van der Waals surface area (Å²) in [6, 6.07) is 15.4. The summed E-state index contributed by atoms with van der Waals surface area (Å²) in [5.74, 6) is 1.74. The summed E-state index contributed by atoms with van der Waals surface area (Å²) in [6.45, 7) is 0.870. The Bertz CT molecular complexity index is 1060. The van der Waals surface area contributed by atoms with Crippen molar-refractivity contribution < 1.29 is 4.42 Å². The number of aromatic nitrogens is 2. The summed E-state index contributed by atoms with van der Waals surface area (Å²) in [5, 5.41) is 10.4. The standard InChI is InChI=1S/C19H13Cl2N3O/c20-12-8-13(21)10-14(9-12)24-19-15(5-6-22-19)18(23-24)17-7-11-3-1-2-4-16(11)25-17/h1-4,7-10,22H,5-6H2. The number of fused-ring (bicyclic) bond motifs is 2. The molecule has 4 aromatic rings. The highest BCUT2D eigenvalue weighted by atomic mass is 35.5. The molecule has 0 bridgehead atoms. The summed E-state index contributed by atoms with van der Waals surface area (Å²) in [6.07, 6.45) is 0.899. The molecule has 0 aliphatic carbocycles. The van der Waals surface area contributed by atoms with Gasteiger partial charge in [0.05, 0.1) is 5.69 Å². The van der Waals surface area contributed by atoms with Crippen LogP contribution in [0.15, 0.2) is 52.9 Å². The van der Waals surface area contributed by atoms with Crippen LogP contribution >= 0.6 is 23.2 Å². The maximum Gasteiger partial charge on any atom is 0.156 e. The maximum absolute atomic E-state index is 6.16. The van der Waals surface area contributed by atoms with E-state index >= 15 is 0 Å². The van der Waals surface area contributed by atoms with E-state index in [2.05, 4.69) is 5.32 Å². The Morgan fingerprint density at radius 1 is 1.04 bits per heavy atom. The topological polar surface area (TPSA) is 43.0 Å². The van der Waals surface area contributed by atoms with E-state index in [0.717, 1.165) is 52.5 Å². The zero-order valence-corrected chi connectivity index (χ0v) is 14.6. The third-order valence-electron chi connectivity index (χ3n) is 4.40. The zero-order chi connectivity index (χ0) is 17.0. The average Bonchev–Trinajstić information content (AvgIpc) is 3.27. The fourth-order valence-corrected chi connectivity index (χ4v) is 3.83. The number of benzene rings is 2. The van der Waals surface area contributed by atoms with Crippen LogP contribution in [0.1, 0.15) is 5.56 Å². The van der Waals surface area contributed by atoms with Gasteiger partial charge in [-0.25, -0.2) is 4.68 Å². The van der Waals surface area contributed by atoms with Crippen LogP contribution in [0.3, 0.4) is 0 Å². The number of halogens is 2. The van der Waals surface area contributed by atoms with Crippen molar-refractivity contribution in [2.45, 2.75) is 6.42 Å². The van der Waals surface area contributed by atoms with Gasteiger partial charge in [0.1, 0.15) is 17.1 Å². The second-order valence-electron chi connectivity index (χ2n) is 6.04. The second-order valence-corrected chi connectivity index (χ2v) is 6.91. The first-order valence-corrected chi connectivity index (χ1v) is 8.76. The van der Waals surface area contributed by atoms with Gasteiger partial charge in [-0.3, -0.25) is 0 Å². The maximum atomic E-state index is 6.16. The van der Waals surface area contributed by atoms with Crippen LogP contribution in [-0.4, -0.2) is 16.3 Å². The van der Waals surface area contributed by atoms with Gasteiger partial charge < -0.3 is 9.73 Å². The highest BCUT2D eigenvalue weighted by Crippen LogP contribution is 2.37. The third-order valence-corrected chi connectivity index (χ3v) is 4.84. The largest absolute Gasteiger partial charge is 0.454 e. The van der Waals surface area contributed by atoms with E-state index in [9.17, 15) is 0 Å². The molecule has 3 heterocycles. The molecule has 0 radical (unpaired) electrons. The molecule has 1 aliphatic heterocycles. The van der Waals surface area contributed by atoms with E-state index in [0.29, 0.717) is 10.0 Å². The number of rotatable bonds is 2.